The highest BCUT2D eigenvalue weighted by molar-refractivity contribution is 6.32. The van der Waals surface area contributed by atoms with Crippen molar-refractivity contribution in [3.63, 3.8) is 0 Å². The van der Waals surface area contributed by atoms with Crippen molar-refractivity contribution in [1.29, 1.82) is 0 Å². The van der Waals surface area contributed by atoms with E-state index in [9.17, 15) is 60.0 Å². The maximum Gasteiger partial charge on any atom is 0.410 e. The molecule has 0 aromatic heterocycles. The van der Waals surface area contributed by atoms with E-state index in [1.165, 1.54) is 68.6 Å². The van der Waals surface area contributed by atoms with E-state index < -0.39 is 237 Å². The van der Waals surface area contributed by atoms with E-state index >= 15 is 33.6 Å². The fourth-order valence-corrected chi connectivity index (χ4v) is 18.6. The number of hydrogen-bond acceptors (Lipinski definition) is 29. The summed E-state index contributed by atoms with van der Waals surface area (Å²) < 4.78 is 54.0. The van der Waals surface area contributed by atoms with Crippen molar-refractivity contribution in [1.82, 2.24) is 57.7 Å². The first-order chi connectivity index (χ1) is 64.4. The second kappa shape index (κ2) is 42.9. The number of anilines is 1. The van der Waals surface area contributed by atoms with Crippen molar-refractivity contribution in [3.8, 4) is 62.9 Å². The highest BCUT2D eigenvalue weighted by atomic mass is 35.5. The number of ether oxygens (including phenoxy) is 9. The maximum absolute atomic E-state index is 16.7. The molecule has 734 valence electrons. The Bertz CT molecular complexity index is 5430. The Balaban J connectivity index is 0.971. The number of rotatable bonds is 24. The summed E-state index contributed by atoms with van der Waals surface area (Å²) >= 11 is 7.28. The van der Waals surface area contributed by atoms with E-state index in [0.29, 0.717) is 50.4 Å². The third kappa shape index (κ3) is 24.3. The van der Waals surface area contributed by atoms with E-state index in [1.54, 1.807) is 69.6 Å². The van der Waals surface area contributed by atoms with Gasteiger partial charge in [0.1, 0.15) is 131 Å². The van der Waals surface area contributed by atoms with Crippen LogP contribution >= 0.6 is 11.6 Å². The third-order valence-electron chi connectivity index (χ3n) is 24.9. The number of aliphatic hydroxyl groups is 5. The minimum atomic E-state index is -2.45. The van der Waals surface area contributed by atoms with Gasteiger partial charge in [0, 0.05) is 76.4 Å². The van der Waals surface area contributed by atoms with Gasteiger partial charge in [0.05, 0.1) is 24.7 Å². The molecule has 18 N–H and O–H groups in total. The third-order valence-corrected chi connectivity index (χ3v) is 25.2. The number of phenolic OH excluding ortho intramolecular Hbond substituents is 3. The van der Waals surface area contributed by atoms with Crippen LogP contribution in [0.3, 0.4) is 0 Å². The molecule has 0 spiro atoms. The fraction of sp³-hybridized carbons (Fsp3) is 0.505. The molecule has 4 aliphatic carbocycles. The van der Waals surface area contributed by atoms with E-state index in [1.807, 2.05) is 0 Å². The Morgan fingerprint density at radius 1 is 0.603 bits per heavy atom. The van der Waals surface area contributed by atoms with E-state index in [-0.39, 0.29) is 75.6 Å². The Morgan fingerprint density at radius 3 is 1.83 bits per heavy atom. The number of aliphatic hydroxyl groups excluding tert-OH is 5. The summed E-state index contributed by atoms with van der Waals surface area (Å²) in [7, 11) is 4.44. The van der Waals surface area contributed by atoms with Crippen LogP contribution in [0, 0.1) is 36.5 Å². The molecule has 5 fully saturated rings. The summed E-state index contributed by atoms with van der Waals surface area (Å²) in [5.41, 5.74) is -4.25. The maximum atomic E-state index is 16.7. The largest absolute Gasteiger partial charge is 0.508 e. The highest BCUT2D eigenvalue weighted by Gasteiger charge is 2.52. The number of aryl methyl sites for hydroxylation is 1. The lowest BCUT2D eigenvalue weighted by molar-refractivity contribution is -0.270. The lowest BCUT2D eigenvalue weighted by Gasteiger charge is -2.54. The Kier molecular flexibility index (Phi) is 31.9. The number of aromatic hydroxyl groups is 3. The van der Waals surface area contributed by atoms with Gasteiger partial charge in [-0.2, -0.15) is 0 Å². The summed E-state index contributed by atoms with van der Waals surface area (Å²) in [6, 6.07) is 4.04. The molecule has 1 saturated heterocycles. The van der Waals surface area contributed by atoms with Crippen LogP contribution < -0.4 is 72.1 Å². The number of methoxy groups -OCH3 is 2. The van der Waals surface area contributed by atoms with Gasteiger partial charge in [0.2, 0.25) is 59.3 Å². The van der Waals surface area contributed by atoms with Crippen molar-refractivity contribution >= 4 is 82.8 Å². The molecule has 6 aromatic rings. The number of benzene rings is 6. The average molecular weight is 1910 g/mol. The minimum absolute atomic E-state index is 0.0420. The number of imide groups is 1. The second-order valence-corrected chi connectivity index (χ2v) is 38.2. The molecule has 6 aliphatic heterocycles. The van der Waals surface area contributed by atoms with Crippen LogP contribution in [0.1, 0.15) is 164 Å². The smallest absolute Gasteiger partial charge is 0.410 e. The van der Waals surface area contributed by atoms with Crippen molar-refractivity contribution in [2.45, 2.75) is 210 Å². The van der Waals surface area contributed by atoms with Gasteiger partial charge in [-0.05, 0) is 229 Å². The van der Waals surface area contributed by atoms with Crippen LogP contribution in [0.5, 0.6) is 51.7 Å². The molecular formula is C95H119ClN12O28. The van der Waals surface area contributed by atoms with Gasteiger partial charge in [-0.15, -0.1) is 0 Å². The van der Waals surface area contributed by atoms with Crippen LogP contribution in [0.25, 0.3) is 11.1 Å². The van der Waals surface area contributed by atoms with Gasteiger partial charge in [-0.25, -0.2) is 14.4 Å². The number of nitrogens with one attached hydrogen (secondary N) is 10. The number of urea groups is 1. The number of nitrogens with zero attached hydrogens (tertiary/aromatic N) is 2. The molecule has 12 amide bonds. The van der Waals surface area contributed by atoms with Crippen LogP contribution in [0.2, 0.25) is 5.02 Å². The van der Waals surface area contributed by atoms with Crippen LogP contribution in [0.15, 0.2) is 103 Å². The predicted molar refractivity (Wildman–Crippen MR) is 486 cm³/mol. The summed E-state index contributed by atoms with van der Waals surface area (Å²) in [5.74, 6) is -14.0. The van der Waals surface area contributed by atoms with Crippen molar-refractivity contribution in [2.75, 3.05) is 72.6 Å². The number of carbonyl (C=O) groups is 11. The summed E-state index contributed by atoms with van der Waals surface area (Å²) in [4.78, 5) is 171. The number of hydrogen-bond donors (Lipinski definition) is 18. The zero-order chi connectivity index (χ0) is 98.4. The van der Waals surface area contributed by atoms with Gasteiger partial charge in [-0.3, -0.25) is 53.5 Å². The Labute approximate surface area is 789 Å². The first-order valence-electron chi connectivity index (χ1n) is 45.0. The number of fused-ring (bicyclic) bond motifs is 15. The Morgan fingerprint density at radius 2 is 1.21 bits per heavy atom. The van der Waals surface area contributed by atoms with Gasteiger partial charge in [-0.1, -0.05) is 43.6 Å². The molecule has 6 heterocycles. The summed E-state index contributed by atoms with van der Waals surface area (Å²) in [6.07, 6.45) is -13.6. The van der Waals surface area contributed by atoms with Crippen molar-refractivity contribution < 1.29 is 136 Å². The van der Waals surface area contributed by atoms with Crippen molar-refractivity contribution in [2.24, 2.45) is 29.6 Å². The number of likely N-dealkylation sites (N-methyl/N-ethyl adjacent to an activating group) is 1. The van der Waals surface area contributed by atoms with Gasteiger partial charge >= 0.3 is 18.2 Å². The topological polar surface area (TPSA) is 559 Å². The zero-order valence-corrected chi connectivity index (χ0v) is 78.0. The predicted octanol–water partition coefficient (Wildman–Crippen LogP) is 6.40. The van der Waals surface area contributed by atoms with Crippen LogP contribution in [0.4, 0.5) is 20.1 Å². The monoisotopic (exact) mass is 1910 g/mol. The molecule has 0 unspecified atom stereocenters. The molecule has 6 aromatic carbocycles. The molecule has 41 heteroatoms. The molecule has 4 saturated carbocycles. The fourth-order valence-electron chi connectivity index (χ4n) is 18.4. The molecule has 40 nitrogen and oxygen atoms in total. The molecule has 14 atom stereocenters. The number of phenols is 3. The number of carbonyl (C=O) groups excluding carboxylic acids is 11. The van der Waals surface area contributed by atoms with Crippen LogP contribution in [-0.2, 0) is 62.0 Å². The zero-order valence-electron chi connectivity index (χ0n) is 77.3. The van der Waals surface area contributed by atoms with Gasteiger partial charge < -0.3 is 131 Å². The highest BCUT2D eigenvalue weighted by Crippen LogP contribution is 2.55. The van der Waals surface area contributed by atoms with E-state index in [4.69, 9.17) is 54.2 Å². The summed E-state index contributed by atoms with van der Waals surface area (Å²) in [6.45, 7) is 16.7. The standard InChI is InChI=1S/C95H119ClN12O28/c1-44(2)29-61(107(10)93(127)136-95(7,8)9)84(119)105-75-77(113)49-14-21-64(45(3)30-49)131-66-38-53-39-67(82(66)134-90-81(117)80(116)79(115)68(133-90)43-97-92(126)135-94(4,5)6)132-65-22-15-50(37-59(65)96)78(114)76-89(124)104-74(87(122)101-71-51-32-46-31-47(34-51)35-52(71)33-46)58-40-55(109)41-63(111)70(58)57-36-48(13-20-62(57)110)72(85(120)106-76)103-86(121)73(53)102-83(118)60(99-88(75)123)42-69(112)100-91(125)98-54-16-18-56(19-17-54)130-28-25-108(23-26-128-11)24-27-129-12/h13-22,30,36-41,44,46-47,51-52,60-61,68,71-81,90,109-111,113-117H,23-29,31-35,42-43H2,1-12H3,(H,97,126)(H,99,123)(H,101,122)(H,102,118)(H,103,121)(H,104,124)(H,105,119)(H,106,120)(H2,98,100,112,125)/t46?,47?,51?,52?,60-,61+,68+,71?,72+,73+,74-,75+,76-,77+,78+,79+,80-,81+,90-/m0/s1. The molecule has 10 aliphatic rings. The first kappa shape index (κ1) is 101. The summed E-state index contributed by atoms with van der Waals surface area (Å²) in [5, 5.41) is 122. The van der Waals surface area contributed by atoms with E-state index in [0.717, 1.165) is 85.5 Å². The molecule has 136 heavy (non-hydrogen) atoms. The lowest BCUT2D eigenvalue weighted by Crippen LogP contribution is -2.61. The quantitative estimate of drug-likeness (QED) is 0.0312. The van der Waals surface area contributed by atoms with Gasteiger partial charge in [0.15, 0.2) is 11.5 Å². The van der Waals surface area contributed by atoms with Gasteiger partial charge in [0.25, 0.3) is 0 Å². The first-order valence-corrected chi connectivity index (χ1v) is 45.4. The number of halogens is 1. The minimum Gasteiger partial charge on any atom is -0.508 e. The lowest BCUT2D eigenvalue weighted by atomic mass is 9.54. The normalized spacial score (nSPS) is 25.5. The van der Waals surface area contributed by atoms with Crippen molar-refractivity contribution in [3.05, 3.63) is 142 Å². The number of amides is 12. The second-order valence-electron chi connectivity index (χ2n) is 37.8. The Hall–Kier alpha value is -12.4. The number of alkyl carbamates (subject to hydrolysis) is 1. The van der Waals surface area contributed by atoms with E-state index in [2.05, 4.69) is 58.1 Å². The molecule has 16 rings (SSSR count). The SMILES string of the molecule is COCCN(CCOC)CCOc1ccc(NC(=O)NC(=O)C[C@@H]2NC(=O)[C@H](NC(=O)[C@@H](CC(C)C)N(C)C(=O)OC(C)(C)C)[C@H](O)c3ccc(c(C)c3)Oc3cc4cc(c3O[C@@H]3O[C@H](CNC(=O)OC(C)(C)C)[C@@H](O)[C@H](O)[C@H]3O)Oc3ccc(cc3Cl)[C@@H](O)[C@@H]3NC(=O)[C@H](NC(=O)[C@@H]4NC2=O)c2ccc(O)c(c2)-c2c(O)cc(O)cc2[C@@H](C(=O)NC2C4CC5CC(C4)CC2C5)NC3=O)cc1. The van der Waals surface area contributed by atoms with Crippen LogP contribution in [-0.4, -0.2) is 256 Å². The molecule has 15 bridgehead atoms. The molecule has 0 radical (unpaired) electrons. The average Bonchev–Trinajstić information content (AvgIpc) is 0.757. The molecular weight excluding hydrogens is 1790 g/mol.